The van der Waals surface area contributed by atoms with Crippen LogP contribution in [0.4, 0.5) is 4.39 Å². The molecule has 0 saturated carbocycles. The summed E-state index contributed by atoms with van der Waals surface area (Å²) in [6.07, 6.45) is 0.185. The third-order valence-corrected chi connectivity index (χ3v) is 3.83. The number of hydrogen-bond acceptors (Lipinski definition) is 1. The molecular formula is C16H15BrFNO. The largest absolute Gasteiger partial charge is 0.352 e. The van der Waals surface area contributed by atoms with Gasteiger partial charge in [0, 0.05) is 11.0 Å². The smallest absolute Gasteiger partial charge is 0.224 e. The summed E-state index contributed by atoms with van der Waals surface area (Å²) < 4.78 is 14.0. The zero-order valence-electron chi connectivity index (χ0n) is 11.1. The number of carbonyl (C=O) groups is 1. The molecule has 0 aromatic heterocycles. The summed E-state index contributed by atoms with van der Waals surface area (Å²) in [6.45, 7) is 2.48. The number of rotatable bonds is 4. The molecule has 0 heterocycles. The van der Waals surface area contributed by atoms with E-state index in [1.54, 1.807) is 12.1 Å². The van der Waals surface area contributed by atoms with E-state index in [9.17, 15) is 9.18 Å². The molecule has 1 amide bonds. The van der Waals surface area contributed by atoms with E-state index < -0.39 is 0 Å². The lowest BCUT2D eigenvalue weighted by Gasteiger charge is -2.07. The number of halogens is 2. The van der Waals surface area contributed by atoms with Gasteiger partial charge in [-0.05, 0) is 41.8 Å². The lowest BCUT2D eigenvalue weighted by atomic mass is 10.1. The van der Waals surface area contributed by atoms with Crippen molar-refractivity contribution in [3.63, 3.8) is 0 Å². The van der Waals surface area contributed by atoms with Crippen LogP contribution in [-0.4, -0.2) is 5.91 Å². The molecule has 0 aliphatic heterocycles. The third kappa shape index (κ3) is 4.17. The summed E-state index contributed by atoms with van der Waals surface area (Å²) in [7, 11) is 0. The van der Waals surface area contributed by atoms with Crippen LogP contribution in [0.3, 0.4) is 0 Å². The van der Waals surface area contributed by atoms with Gasteiger partial charge in [0.05, 0.1) is 6.42 Å². The average Bonchev–Trinajstić information content (AvgIpc) is 2.40. The van der Waals surface area contributed by atoms with E-state index in [0.29, 0.717) is 12.1 Å². The number of aryl methyl sites for hydroxylation is 1. The molecular weight excluding hydrogens is 321 g/mol. The maximum Gasteiger partial charge on any atom is 0.224 e. The van der Waals surface area contributed by atoms with Crippen LogP contribution in [0.25, 0.3) is 0 Å². The molecule has 0 atom stereocenters. The van der Waals surface area contributed by atoms with Crippen molar-refractivity contribution in [2.45, 2.75) is 19.9 Å². The molecule has 0 bridgehead atoms. The Morgan fingerprint density at radius 2 is 2.00 bits per heavy atom. The molecule has 2 aromatic rings. The summed E-state index contributed by atoms with van der Waals surface area (Å²) in [6, 6.07) is 12.0. The number of nitrogens with one attached hydrogen (secondary N) is 1. The number of hydrogen-bond donors (Lipinski definition) is 1. The van der Waals surface area contributed by atoms with Gasteiger partial charge >= 0.3 is 0 Å². The molecule has 0 radical (unpaired) electrons. The Balaban J connectivity index is 1.90. The molecule has 0 spiro atoms. The van der Waals surface area contributed by atoms with E-state index in [1.165, 1.54) is 12.1 Å². The summed E-state index contributed by atoms with van der Waals surface area (Å²) >= 11 is 3.46. The van der Waals surface area contributed by atoms with Gasteiger partial charge < -0.3 is 5.32 Å². The van der Waals surface area contributed by atoms with Gasteiger partial charge in [-0.1, -0.05) is 40.2 Å². The number of amides is 1. The van der Waals surface area contributed by atoms with Crippen LogP contribution in [0.1, 0.15) is 16.7 Å². The van der Waals surface area contributed by atoms with E-state index in [0.717, 1.165) is 15.6 Å². The Labute approximate surface area is 126 Å². The lowest BCUT2D eigenvalue weighted by Crippen LogP contribution is -2.24. The second-order valence-corrected chi connectivity index (χ2v) is 5.52. The van der Waals surface area contributed by atoms with Crippen molar-refractivity contribution in [2.75, 3.05) is 0 Å². The van der Waals surface area contributed by atoms with Gasteiger partial charge in [0.1, 0.15) is 5.82 Å². The van der Waals surface area contributed by atoms with Gasteiger partial charge in [-0.25, -0.2) is 4.39 Å². The highest BCUT2D eigenvalue weighted by Crippen LogP contribution is 2.17. The molecule has 1 N–H and O–H groups in total. The van der Waals surface area contributed by atoms with Crippen molar-refractivity contribution in [2.24, 2.45) is 0 Å². The molecule has 20 heavy (non-hydrogen) atoms. The number of carbonyl (C=O) groups excluding carboxylic acids is 1. The molecule has 2 aromatic carbocycles. The Kier molecular flexibility index (Phi) is 4.90. The fourth-order valence-electron chi connectivity index (χ4n) is 1.84. The van der Waals surface area contributed by atoms with E-state index >= 15 is 0 Å². The van der Waals surface area contributed by atoms with E-state index in [1.807, 2.05) is 25.1 Å². The quantitative estimate of drug-likeness (QED) is 0.905. The standard InChI is InChI=1S/C16H15BrFNO/c1-11-5-6-13(8-15(11)17)10-19-16(20)9-12-3-2-4-14(18)7-12/h2-8H,9-10H2,1H3,(H,19,20). The van der Waals surface area contributed by atoms with E-state index in [2.05, 4.69) is 21.2 Å². The molecule has 0 saturated heterocycles. The van der Waals surface area contributed by atoms with Gasteiger partial charge in [0.15, 0.2) is 0 Å². The average molecular weight is 336 g/mol. The molecule has 0 aliphatic carbocycles. The highest BCUT2D eigenvalue weighted by atomic mass is 79.9. The van der Waals surface area contributed by atoms with E-state index in [4.69, 9.17) is 0 Å². The number of benzene rings is 2. The van der Waals surface area contributed by atoms with Crippen molar-refractivity contribution in [3.05, 3.63) is 69.4 Å². The Bertz CT molecular complexity index is 628. The van der Waals surface area contributed by atoms with Gasteiger partial charge in [0.25, 0.3) is 0 Å². The Morgan fingerprint density at radius 3 is 2.70 bits per heavy atom. The summed E-state index contributed by atoms with van der Waals surface area (Å²) in [4.78, 5) is 11.8. The highest BCUT2D eigenvalue weighted by Gasteiger charge is 2.05. The van der Waals surface area contributed by atoms with Crippen molar-refractivity contribution < 1.29 is 9.18 Å². The zero-order valence-corrected chi connectivity index (χ0v) is 12.7. The maximum absolute atomic E-state index is 13.0. The SMILES string of the molecule is Cc1ccc(CNC(=O)Cc2cccc(F)c2)cc1Br. The second-order valence-electron chi connectivity index (χ2n) is 4.67. The predicted molar refractivity (Wildman–Crippen MR) is 80.8 cm³/mol. The Morgan fingerprint density at radius 1 is 1.20 bits per heavy atom. The molecule has 104 valence electrons. The van der Waals surface area contributed by atoms with Crippen LogP contribution >= 0.6 is 15.9 Å². The van der Waals surface area contributed by atoms with E-state index in [-0.39, 0.29) is 18.1 Å². The summed E-state index contributed by atoms with van der Waals surface area (Å²) in [5.41, 5.74) is 2.85. The summed E-state index contributed by atoms with van der Waals surface area (Å²) in [5, 5.41) is 2.83. The second kappa shape index (κ2) is 6.66. The maximum atomic E-state index is 13.0. The van der Waals surface area contributed by atoms with Crippen LogP contribution in [-0.2, 0) is 17.8 Å². The fraction of sp³-hybridized carbons (Fsp3) is 0.188. The molecule has 0 unspecified atom stereocenters. The van der Waals surface area contributed by atoms with Crippen LogP contribution < -0.4 is 5.32 Å². The van der Waals surface area contributed by atoms with Gasteiger partial charge in [0.2, 0.25) is 5.91 Å². The first-order valence-corrected chi connectivity index (χ1v) is 7.10. The van der Waals surface area contributed by atoms with Crippen LogP contribution in [0.5, 0.6) is 0 Å². The Hall–Kier alpha value is -1.68. The monoisotopic (exact) mass is 335 g/mol. The topological polar surface area (TPSA) is 29.1 Å². The normalized spacial score (nSPS) is 10.3. The molecule has 0 aliphatic rings. The van der Waals surface area contributed by atoms with Gasteiger partial charge in [-0.2, -0.15) is 0 Å². The van der Waals surface area contributed by atoms with Crippen LogP contribution in [0.15, 0.2) is 46.9 Å². The van der Waals surface area contributed by atoms with Crippen molar-refractivity contribution in [1.29, 1.82) is 0 Å². The zero-order chi connectivity index (χ0) is 14.5. The van der Waals surface area contributed by atoms with Gasteiger partial charge in [-0.3, -0.25) is 4.79 Å². The van der Waals surface area contributed by atoms with Gasteiger partial charge in [-0.15, -0.1) is 0 Å². The molecule has 2 nitrogen and oxygen atoms in total. The van der Waals surface area contributed by atoms with Crippen LogP contribution in [0.2, 0.25) is 0 Å². The first-order valence-electron chi connectivity index (χ1n) is 6.31. The highest BCUT2D eigenvalue weighted by molar-refractivity contribution is 9.10. The predicted octanol–water partition coefficient (Wildman–Crippen LogP) is 3.76. The third-order valence-electron chi connectivity index (χ3n) is 2.98. The molecule has 2 rings (SSSR count). The van der Waals surface area contributed by atoms with Crippen molar-refractivity contribution in [3.8, 4) is 0 Å². The first-order chi connectivity index (χ1) is 9.54. The lowest BCUT2D eigenvalue weighted by molar-refractivity contribution is -0.120. The summed E-state index contributed by atoms with van der Waals surface area (Å²) in [5.74, 6) is -0.440. The minimum Gasteiger partial charge on any atom is -0.352 e. The minimum absolute atomic E-state index is 0.118. The molecule has 0 fully saturated rings. The molecule has 4 heteroatoms. The van der Waals surface area contributed by atoms with Crippen molar-refractivity contribution >= 4 is 21.8 Å². The van der Waals surface area contributed by atoms with Crippen molar-refractivity contribution in [1.82, 2.24) is 5.32 Å². The fourth-order valence-corrected chi connectivity index (χ4v) is 2.27. The minimum atomic E-state index is -0.322. The van der Waals surface area contributed by atoms with Crippen LogP contribution in [0, 0.1) is 12.7 Å². The first kappa shape index (κ1) is 14.7.